The highest BCUT2D eigenvalue weighted by atomic mass is 19.3. The lowest BCUT2D eigenvalue weighted by molar-refractivity contribution is -0.0512. The molecule has 0 aromatic heterocycles. The molecule has 2 aliphatic rings. The smallest absolute Gasteiger partial charge is 0.408 e. The summed E-state index contributed by atoms with van der Waals surface area (Å²) < 4.78 is 26.5. The minimum absolute atomic E-state index is 0.123. The predicted octanol–water partition coefficient (Wildman–Crippen LogP) is 0.897. The number of rotatable bonds is 0. The van der Waals surface area contributed by atoms with Crippen LogP contribution in [0.1, 0.15) is 19.3 Å². The zero-order chi connectivity index (χ0) is 10.5. The van der Waals surface area contributed by atoms with Crippen molar-refractivity contribution in [3.8, 4) is 0 Å². The van der Waals surface area contributed by atoms with Crippen LogP contribution in [0.3, 0.4) is 0 Å². The average Bonchev–Trinajstić information content (AvgIpc) is 2.16. The Hall–Kier alpha value is -0.910. The number of hydrogen-bond donors (Lipinski definition) is 2. The molecule has 4 nitrogen and oxygen atoms in total. The highest BCUT2D eigenvalue weighted by Crippen LogP contribution is 2.45. The van der Waals surface area contributed by atoms with Crippen LogP contribution >= 0.6 is 0 Å². The minimum Gasteiger partial charge on any atom is -0.465 e. The third kappa shape index (κ3) is 1.25. The normalized spacial score (nSPS) is 39.9. The lowest BCUT2D eigenvalue weighted by Crippen LogP contribution is -2.50. The Morgan fingerprint density at radius 1 is 1.43 bits per heavy atom. The van der Waals surface area contributed by atoms with Crippen molar-refractivity contribution in [2.24, 2.45) is 0 Å². The number of alkyl halides is 2. The second-order valence-corrected chi connectivity index (χ2v) is 3.95. The van der Waals surface area contributed by atoms with Gasteiger partial charge in [-0.05, 0) is 12.8 Å². The van der Waals surface area contributed by atoms with E-state index in [1.165, 1.54) is 0 Å². The van der Waals surface area contributed by atoms with Crippen molar-refractivity contribution >= 4 is 6.09 Å². The summed E-state index contributed by atoms with van der Waals surface area (Å²) >= 11 is 0. The Labute approximate surface area is 79.1 Å². The van der Waals surface area contributed by atoms with Gasteiger partial charge < -0.3 is 10.2 Å². The Morgan fingerprint density at radius 2 is 2.07 bits per heavy atom. The first-order valence-corrected chi connectivity index (χ1v) is 4.49. The molecule has 2 N–H and O–H groups in total. The predicted molar refractivity (Wildman–Crippen MR) is 42.2 cm³/mol. The maximum absolute atomic E-state index is 13.3. The van der Waals surface area contributed by atoms with Gasteiger partial charge in [-0.15, -0.1) is 0 Å². The fourth-order valence-corrected chi connectivity index (χ4v) is 2.45. The third-order valence-electron chi connectivity index (χ3n) is 2.98. The van der Waals surface area contributed by atoms with Gasteiger partial charge in [-0.3, -0.25) is 4.90 Å². The number of amides is 1. The number of piperidine rings is 1. The topological polar surface area (TPSA) is 60.8 Å². The quantitative estimate of drug-likeness (QED) is 0.620. The lowest BCUT2D eigenvalue weighted by Gasteiger charge is -2.35. The molecule has 6 heteroatoms. The van der Waals surface area contributed by atoms with E-state index in [0.29, 0.717) is 0 Å². The Bertz CT molecular complexity index is 271. The van der Waals surface area contributed by atoms with E-state index in [1.807, 2.05) is 0 Å². The van der Waals surface area contributed by atoms with E-state index in [9.17, 15) is 18.7 Å². The van der Waals surface area contributed by atoms with Gasteiger partial charge in [0.2, 0.25) is 0 Å². The standard InChI is InChI=1S/C8H11F2NO3/c9-8(10)3-4-1-5(12)2-6(8)11(4)7(13)14/h4-6,12H,1-3H2,(H,13,14)/t4-,5-,6-/m1/s1. The van der Waals surface area contributed by atoms with Crippen molar-refractivity contribution in [3.05, 3.63) is 0 Å². The molecule has 0 aromatic rings. The van der Waals surface area contributed by atoms with Crippen LogP contribution in [-0.2, 0) is 0 Å². The summed E-state index contributed by atoms with van der Waals surface area (Å²) in [6.07, 6.45) is -2.60. The van der Waals surface area contributed by atoms with Crippen molar-refractivity contribution in [1.29, 1.82) is 0 Å². The van der Waals surface area contributed by atoms with Gasteiger partial charge in [-0.1, -0.05) is 0 Å². The van der Waals surface area contributed by atoms with Crippen LogP contribution in [-0.4, -0.2) is 45.3 Å². The molecule has 2 rings (SSSR count). The first-order chi connectivity index (χ1) is 6.42. The van der Waals surface area contributed by atoms with Gasteiger partial charge in [0.05, 0.1) is 6.10 Å². The maximum atomic E-state index is 13.3. The molecule has 3 atom stereocenters. The van der Waals surface area contributed by atoms with E-state index in [1.54, 1.807) is 0 Å². The summed E-state index contributed by atoms with van der Waals surface area (Å²) in [4.78, 5) is 11.5. The van der Waals surface area contributed by atoms with Gasteiger partial charge in [0.15, 0.2) is 0 Å². The fourth-order valence-electron chi connectivity index (χ4n) is 2.45. The summed E-state index contributed by atoms with van der Waals surface area (Å²) in [6, 6.07) is -2.06. The molecular formula is C8H11F2NO3. The number of halogens is 2. The van der Waals surface area contributed by atoms with Gasteiger partial charge in [0.1, 0.15) is 6.04 Å². The molecule has 0 aliphatic carbocycles. The van der Waals surface area contributed by atoms with Gasteiger partial charge in [-0.2, -0.15) is 0 Å². The van der Waals surface area contributed by atoms with Crippen LogP contribution in [0.2, 0.25) is 0 Å². The van der Waals surface area contributed by atoms with Crippen LogP contribution in [0.5, 0.6) is 0 Å². The monoisotopic (exact) mass is 207 g/mol. The number of nitrogens with zero attached hydrogens (tertiary/aromatic N) is 1. The summed E-state index contributed by atoms with van der Waals surface area (Å²) in [5.41, 5.74) is 0. The molecule has 0 radical (unpaired) electrons. The van der Waals surface area contributed by atoms with Gasteiger partial charge in [0.25, 0.3) is 5.92 Å². The largest absolute Gasteiger partial charge is 0.465 e. The molecule has 2 saturated heterocycles. The molecule has 0 aromatic carbocycles. The van der Waals surface area contributed by atoms with Crippen molar-refractivity contribution in [1.82, 2.24) is 4.90 Å². The highest BCUT2D eigenvalue weighted by molar-refractivity contribution is 5.67. The molecule has 2 heterocycles. The van der Waals surface area contributed by atoms with Crippen molar-refractivity contribution < 1.29 is 23.8 Å². The first-order valence-electron chi connectivity index (χ1n) is 4.49. The highest BCUT2D eigenvalue weighted by Gasteiger charge is 2.59. The fraction of sp³-hybridized carbons (Fsp3) is 0.875. The van der Waals surface area contributed by atoms with Gasteiger partial charge in [0, 0.05) is 12.5 Å². The molecule has 2 bridgehead atoms. The maximum Gasteiger partial charge on any atom is 0.408 e. The zero-order valence-electron chi connectivity index (χ0n) is 7.36. The Kier molecular flexibility index (Phi) is 1.92. The van der Waals surface area contributed by atoms with E-state index in [4.69, 9.17) is 5.11 Å². The number of carbonyl (C=O) groups is 1. The van der Waals surface area contributed by atoms with E-state index in [0.717, 1.165) is 4.90 Å². The number of carboxylic acid groups (broad SMARTS) is 1. The van der Waals surface area contributed by atoms with Crippen LogP contribution in [0, 0.1) is 0 Å². The number of hydrogen-bond acceptors (Lipinski definition) is 2. The first kappa shape index (κ1) is 9.64. The molecule has 0 saturated carbocycles. The number of fused-ring (bicyclic) bond motifs is 2. The summed E-state index contributed by atoms with van der Waals surface area (Å²) in [6.45, 7) is 0. The molecular weight excluding hydrogens is 196 g/mol. The molecule has 1 amide bonds. The molecule has 0 spiro atoms. The van der Waals surface area contributed by atoms with E-state index in [2.05, 4.69) is 0 Å². The van der Waals surface area contributed by atoms with Crippen molar-refractivity contribution in [2.45, 2.75) is 43.4 Å². The lowest BCUT2D eigenvalue weighted by atomic mass is 10.0. The summed E-state index contributed by atoms with van der Waals surface area (Å²) in [7, 11) is 0. The zero-order valence-corrected chi connectivity index (χ0v) is 7.36. The van der Waals surface area contributed by atoms with Gasteiger partial charge >= 0.3 is 6.09 Å². The van der Waals surface area contributed by atoms with Crippen molar-refractivity contribution in [2.75, 3.05) is 0 Å². The van der Waals surface area contributed by atoms with Crippen LogP contribution in [0.25, 0.3) is 0 Å². The molecule has 2 aliphatic heterocycles. The van der Waals surface area contributed by atoms with Crippen LogP contribution in [0.4, 0.5) is 13.6 Å². The van der Waals surface area contributed by atoms with Crippen molar-refractivity contribution in [3.63, 3.8) is 0 Å². The van der Waals surface area contributed by atoms with Crippen LogP contribution in [0.15, 0.2) is 0 Å². The van der Waals surface area contributed by atoms with E-state index >= 15 is 0 Å². The van der Waals surface area contributed by atoms with Gasteiger partial charge in [-0.25, -0.2) is 13.6 Å². The van der Waals surface area contributed by atoms with E-state index in [-0.39, 0.29) is 12.8 Å². The number of aliphatic hydroxyl groups is 1. The summed E-state index contributed by atoms with van der Waals surface area (Å²) in [5.74, 6) is -2.99. The van der Waals surface area contributed by atoms with Crippen LogP contribution < -0.4 is 0 Å². The Balaban J connectivity index is 2.28. The molecule has 2 fully saturated rings. The number of aliphatic hydroxyl groups excluding tert-OH is 1. The second-order valence-electron chi connectivity index (χ2n) is 3.95. The molecule has 80 valence electrons. The SMILES string of the molecule is O=C(O)N1[C@@H]2C[C@@H](O)C[C@@H]1C(F)(F)C2. The molecule has 0 unspecified atom stereocenters. The summed E-state index contributed by atoms with van der Waals surface area (Å²) in [5, 5.41) is 18.0. The van der Waals surface area contributed by atoms with E-state index < -0.39 is 36.6 Å². The third-order valence-corrected chi connectivity index (χ3v) is 2.98. The second kappa shape index (κ2) is 2.79. The average molecular weight is 207 g/mol. The Morgan fingerprint density at radius 3 is 2.57 bits per heavy atom. The minimum atomic E-state index is -2.99. The molecule has 14 heavy (non-hydrogen) atoms.